The number of thioether (sulfide) groups is 1. The minimum Gasteiger partial charge on any atom is -0.489 e. The number of amides is 4. The quantitative estimate of drug-likeness (QED) is 0.0716. The minimum atomic E-state index is -0.636. The lowest BCUT2D eigenvalue weighted by molar-refractivity contribution is -0.116. The van der Waals surface area contributed by atoms with E-state index < -0.39 is 23.0 Å². The number of anilines is 2. The summed E-state index contributed by atoms with van der Waals surface area (Å²) in [5, 5.41) is 7.95. The van der Waals surface area contributed by atoms with Gasteiger partial charge < -0.3 is 26.4 Å². The number of nitrogens with two attached hydrogens (primary N) is 1. The molecule has 0 radical (unpaired) electrons. The van der Waals surface area contributed by atoms with Crippen molar-refractivity contribution < 1.29 is 23.9 Å². The molecule has 0 aliphatic carbocycles. The number of para-hydroxylation sites is 1. The Kier molecular flexibility index (Phi) is 12.2. The molecule has 0 saturated heterocycles. The van der Waals surface area contributed by atoms with Gasteiger partial charge in [0.1, 0.15) is 18.1 Å². The molecule has 0 aromatic heterocycles. The maximum Gasteiger partial charge on any atom is 0.272 e. The van der Waals surface area contributed by atoms with Crippen LogP contribution >= 0.6 is 11.8 Å². The Labute approximate surface area is 294 Å². The van der Waals surface area contributed by atoms with Gasteiger partial charge in [-0.05, 0) is 78.2 Å². The van der Waals surface area contributed by atoms with Gasteiger partial charge in [0.25, 0.3) is 17.7 Å². The maximum atomic E-state index is 13.7. The van der Waals surface area contributed by atoms with Gasteiger partial charge in [0.15, 0.2) is 0 Å². The summed E-state index contributed by atoms with van der Waals surface area (Å²) in [6, 6.07) is 39.3. The highest BCUT2D eigenvalue weighted by molar-refractivity contribution is 8.00. The molecular formula is C40H36N4O5S. The molecule has 252 valence electrons. The van der Waals surface area contributed by atoms with Crippen LogP contribution in [-0.2, 0) is 16.2 Å². The third-order valence-electron chi connectivity index (χ3n) is 7.45. The zero-order valence-corrected chi connectivity index (χ0v) is 28.1. The predicted molar refractivity (Wildman–Crippen MR) is 198 cm³/mol. The van der Waals surface area contributed by atoms with Gasteiger partial charge in [0.05, 0.1) is 16.5 Å². The van der Waals surface area contributed by atoms with Crippen LogP contribution in [0.4, 0.5) is 11.4 Å². The number of ether oxygens (including phenoxy) is 1. The van der Waals surface area contributed by atoms with Gasteiger partial charge in [-0.1, -0.05) is 85.8 Å². The molecule has 0 bridgehead atoms. The molecule has 0 spiro atoms. The van der Waals surface area contributed by atoms with Crippen molar-refractivity contribution in [3.8, 4) is 5.75 Å². The second-order valence-corrected chi connectivity index (χ2v) is 12.4. The van der Waals surface area contributed by atoms with Gasteiger partial charge >= 0.3 is 0 Å². The Hall–Kier alpha value is -6.13. The molecule has 10 heteroatoms. The number of carbonyl (C=O) groups is 4. The Morgan fingerprint density at radius 1 is 0.780 bits per heavy atom. The molecule has 4 amide bonds. The summed E-state index contributed by atoms with van der Waals surface area (Å²) in [5.74, 6) is -1.23. The van der Waals surface area contributed by atoms with Crippen LogP contribution in [0.5, 0.6) is 5.75 Å². The molecule has 0 aliphatic rings. The monoisotopic (exact) mass is 684 g/mol. The Morgan fingerprint density at radius 2 is 1.46 bits per heavy atom. The molecule has 1 unspecified atom stereocenters. The molecule has 5 aromatic rings. The molecule has 5 rings (SSSR count). The van der Waals surface area contributed by atoms with Crippen LogP contribution in [0.25, 0.3) is 6.08 Å². The largest absolute Gasteiger partial charge is 0.489 e. The summed E-state index contributed by atoms with van der Waals surface area (Å²) in [7, 11) is 0. The first kappa shape index (κ1) is 35.2. The van der Waals surface area contributed by atoms with Gasteiger partial charge in [0.2, 0.25) is 5.91 Å². The van der Waals surface area contributed by atoms with Crippen LogP contribution in [-0.4, -0.2) is 28.9 Å². The van der Waals surface area contributed by atoms with E-state index in [0.717, 1.165) is 10.5 Å². The first-order valence-electron chi connectivity index (χ1n) is 15.9. The van der Waals surface area contributed by atoms with Crippen molar-refractivity contribution in [2.75, 3.05) is 10.6 Å². The smallest absolute Gasteiger partial charge is 0.272 e. The fourth-order valence-electron chi connectivity index (χ4n) is 4.86. The summed E-state index contributed by atoms with van der Waals surface area (Å²) >= 11 is 1.32. The predicted octanol–water partition coefficient (Wildman–Crippen LogP) is 7.28. The summed E-state index contributed by atoms with van der Waals surface area (Å²) in [6.45, 7) is 2.30. The summed E-state index contributed by atoms with van der Waals surface area (Å²) < 4.78 is 5.89. The number of primary amides is 1. The average Bonchev–Trinajstić information content (AvgIpc) is 3.14. The fourth-order valence-corrected chi connectivity index (χ4v) is 5.88. The molecule has 5 N–H and O–H groups in total. The van der Waals surface area contributed by atoms with Gasteiger partial charge in [-0.2, -0.15) is 0 Å². The lowest BCUT2D eigenvalue weighted by atomic mass is 10.1. The SMILES string of the molecule is CCC(Sc1cccc(NC(=O)/C(=C\c2ccc(OCc3ccccc3)cc2)NC(=O)c2ccccc2)c1)C(=O)Nc1ccccc1C(N)=O. The molecular weight excluding hydrogens is 649 g/mol. The lowest BCUT2D eigenvalue weighted by Gasteiger charge is -2.17. The lowest BCUT2D eigenvalue weighted by Crippen LogP contribution is -2.30. The van der Waals surface area contributed by atoms with Gasteiger partial charge in [-0.15, -0.1) is 11.8 Å². The van der Waals surface area contributed by atoms with E-state index in [-0.39, 0.29) is 17.2 Å². The van der Waals surface area contributed by atoms with Crippen molar-refractivity contribution in [3.05, 3.63) is 161 Å². The molecule has 50 heavy (non-hydrogen) atoms. The second kappa shape index (κ2) is 17.3. The Morgan fingerprint density at radius 3 is 2.16 bits per heavy atom. The van der Waals surface area contributed by atoms with Crippen LogP contribution in [0.2, 0.25) is 0 Å². The zero-order chi connectivity index (χ0) is 35.3. The molecule has 1 atom stereocenters. The second-order valence-electron chi connectivity index (χ2n) is 11.1. The number of hydrogen-bond acceptors (Lipinski definition) is 6. The van der Waals surface area contributed by atoms with Crippen LogP contribution in [0.1, 0.15) is 45.2 Å². The van der Waals surface area contributed by atoms with Crippen molar-refractivity contribution >= 4 is 52.8 Å². The van der Waals surface area contributed by atoms with Crippen LogP contribution < -0.4 is 26.4 Å². The molecule has 9 nitrogen and oxygen atoms in total. The minimum absolute atomic E-state index is 0.0359. The summed E-state index contributed by atoms with van der Waals surface area (Å²) in [4.78, 5) is 52.5. The highest BCUT2D eigenvalue weighted by Gasteiger charge is 2.21. The van der Waals surface area contributed by atoms with E-state index in [1.165, 1.54) is 11.8 Å². The van der Waals surface area contributed by atoms with Gasteiger partial charge in [-0.25, -0.2) is 0 Å². The van der Waals surface area contributed by atoms with E-state index in [1.54, 1.807) is 103 Å². The molecule has 0 saturated carbocycles. The van der Waals surface area contributed by atoms with Crippen molar-refractivity contribution in [2.24, 2.45) is 5.73 Å². The van der Waals surface area contributed by atoms with E-state index in [0.29, 0.717) is 41.3 Å². The van der Waals surface area contributed by atoms with E-state index in [2.05, 4.69) is 16.0 Å². The Bertz CT molecular complexity index is 1980. The van der Waals surface area contributed by atoms with E-state index >= 15 is 0 Å². The van der Waals surface area contributed by atoms with Crippen molar-refractivity contribution in [2.45, 2.75) is 30.1 Å². The first-order valence-corrected chi connectivity index (χ1v) is 16.8. The number of benzene rings is 5. The standard InChI is InChI=1S/C40H36N4O5S/c1-2-36(40(48)43-34-19-10-9-18-33(34)37(41)45)50-32-17-11-16-30(25-32)42-39(47)35(44-38(46)29-14-7-4-8-15-29)24-27-20-22-31(23-21-27)49-26-28-12-5-3-6-13-28/h3-25,36H,2,26H2,1H3,(H2,41,45)(H,42,47)(H,43,48)(H,44,46)/b35-24+. The summed E-state index contributed by atoms with van der Waals surface area (Å²) in [6.07, 6.45) is 2.09. The van der Waals surface area contributed by atoms with E-state index in [4.69, 9.17) is 10.5 Å². The topological polar surface area (TPSA) is 140 Å². The van der Waals surface area contributed by atoms with Gasteiger partial charge in [0, 0.05) is 16.1 Å². The number of carbonyl (C=O) groups excluding carboxylic acids is 4. The van der Waals surface area contributed by atoms with Crippen molar-refractivity contribution in [3.63, 3.8) is 0 Å². The number of nitrogens with one attached hydrogen (secondary N) is 3. The first-order chi connectivity index (χ1) is 24.3. The van der Waals surface area contributed by atoms with E-state index in [1.807, 2.05) is 43.3 Å². The fraction of sp³-hybridized carbons (Fsp3) is 0.100. The van der Waals surface area contributed by atoms with E-state index in [9.17, 15) is 19.2 Å². The third kappa shape index (κ3) is 9.94. The highest BCUT2D eigenvalue weighted by Crippen LogP contribution is 2.29. The van der Waals surface area contributed by atoms with Crippen LogP contribution in [0.15, 0.2) is 144 Å². The van der Waals surface area contributed by atoms with Crippen LogP contribution in [0, 0.1) is 0 Å². The highest BCUT2D eigenvalue weighted by atomic mass is 32.2. The average molecular weight is 685 g/mol. The van der Waals surface area contributed by atoms with Crippen LogP contribution in [0.3, 0.4) is 0 Å². The van der Waals surface area contributed by atoms with Crippen molar-refractivity contribution in [1.82, 2.24) is 5.32 Å². The number of hydrogen-bond donors (Lipinski definition) is 4. The molecule has 5 aromatic carbocycles. The Balaban J connectivity index is 1.30. The normalized spacial score (nSPS) is 11.6. The molecule has 0 aliphatic heterocycles. The maximum absolute atomic E-state index is 13.7. The molecule has 0 fully saturated rings. The molecule has 0 heterocycles. The zero-order valence-electron chi connectivity index (χ0n) is 27.3. The summed E-state index contributed by atoms with van der Waals surface area (Å²) in [5.41, 5.74) is 8.66. The van der Waals surface area contributed by atoms with Gasteiger partial charge in [-0.3, -0.25) is 19.2 Å². The van der Waals surface area contributed by atoms with Crippen molar-refractivity contribution in [1.29, 1.82) is 0 Å². The third-order valence-corrected chi connectivity index (χ3v) is 8.81. The number of rotatable bonds is 14.